The van der Waals surface area contributed by atoms with Crippen molar-refractivity contribution in [2.45, 2.75) is 18.1 Å². The summed E-state index contributed by atoms with van der Waals surface area (Å²) in [5.74, 6) is 0.290. The summed E-state index contributed by atoms with van der Waals surface area (Å²) in [7, 11) is -3.80. The predicted octanol–water partition coefficient (Wildman–Crippen LogP) is 0.986. The van der Waals surface area contributed by atoms with Crippen LogP contribution in [0.15, 0.2) is 33.5 Å². The third-order valence-electron chi connectivity index (χ3n) is 2.48. The molecule has 5 nitrogen and oxygen atoms in total. The van der Waals surface area contributed by atoms with Crippen molar-refractivity contribution < 1.29 is 17.2 Å². The topological polar surface area (TPSA) is 76.5 Å². The molecule has 1 aromatic rings. The molecule has 2 N–H and O–H groups in total. The number of sulfonamides is 1. The molecule has 0 bridgehead atoms. The van der Waals surface area contributed by atoms with Crippen LogP contribution in [0.25, 0.3) is 0 Å². The number of furan rings is 1. The van der Waals surface area contributed by atoms with Crippen LogP contribution < -0.4 is 5.14 Å². The van der Waals surface area contributed by atoms with Gasteiger partial charge in [0.05, 0.1) is 13.1 Å². The number of rotatable bonds is 3. The van der Waals surface area contributed by atoms with Crippen molar-refractivity contribution in [2.75, 3.05) is 13.1 Å². The Kier molecular flexibility index (Phi) is 3.32. The molecular formula is C10H13FN2O3S. The summed E-state index contributed by atoms with van der Waals surface area (Å²) in [6, 6.07) is 2.84. The van der Waals surface area contributed by atoms with Crippen LogP contribution in [-0.2, 0) is 16.6 Å². The normalized spacial score (nSPS) is 18.1. The zero-order chi connectivity index (χ0) is 12.5. The Labute approximate surface area is 98.7 Å². The van der Waals surface area contributed by atoms with Gasteiger partial charge in [-0.2, -0.15) is 0 Å². The minimum absolute atomic E-state index is 0.172. The van der Waals surface area contributed by atoms with Crippen molar-refractivity contribution in [3.8, 4) is 0 Å². The lowest BCUT2D eigenvalue weighted by atomic mass is 10.2. The smallest absolute Gasteiger partial charge is 0.271 e. The largest absolute Gasteiger partial charge is 0.447 e. The van der Waals surface area contributed by atoms with Crippen LogP contribution in [0.2, 0.25) is 0 Å². The molecule has 0 fully saturated rings. The number of nitrogens with two attached hydrogens (primary N) is 1. The minimum atomic E-state index is -3.80. The Morgan fingerprint density at radius 3 is 2.82 bits per heavy atom. The van der Waals surface area contributed by atoms with Gasteiger partial charge in [0.1, 0.15) is 11.6 Å². The van der Waals surface area contributed by atoms with Gasteiger partial charge in [-0.25, -0.2) is 17.9 Å². The van der Waals surface area contributed by atoms with Crippen molar-refractivity contribution in [2.24, 2.45) is 5.14 Å². The molecule has 1 aliphatic heterocycles. The quantitative estimate of drug-likeness (QED) is 0.879. The first-order valence-corrected chi connectivity index (χ1v) is 6.68. The highest BCUT2D eigenvalue weighted by molar-refractivity contribution is 7.89. The minimum Gasteiger partial charge on any atom is -0.447 e. The van der Waals surface area contributed by atoms with E-state index in [-0.39, 0.29) is 17.5 Å². The third kappa shape index (κ3) is 3.15. The van der Waals surface area contributed by atoms with E-state index in [2.05, 4.69) is 0 Å². The summed E-state index contributed by atoms with van der Waals surface area (Å²) in [5.41, 5.74) is 0. The van der Waals surface area contributed by atoms with Crippen LogP contribution in [0.4, 0.5) is 4.39 Å². The monoisotopic (exact) mass is 260 g/mol. The maximum Gasteiger partial charge on any atom is 0.271 e. The molecule has 0 saturated carbocycles. The molecule has 17 heavy (non-hydrogen) atoms. The highest BCUT2D eigenvalue weighted by Gasteiger charge is 2.17. The van der Waals surface area contributed by atoms with Gasteiger partial charge in [0.25, 0.3) is 10.0 Å². The van der Waals surface area contributed by atoms with E-state index in [9.17, 15) is 12.8 Å². The van der Waals surface area contributed by atoms with Crippen LogP contribution in [0.5, 0.6) is 0 Å². The van der Waals surface area contributed by atoms with Crippen molar-refractivity contribution in [3.63, 3.8) is 0 Å². The molecule has 7 heteroatoms. The molecule has 2 rings (SSSR count). The van der Waals surface area contributed by atoms with Gasteiger partial charge in [0.2, 0.25) is 5.09 Å². The Hall–Kier alpha value is -1.18. The molecule has 0 spiro atoms. The molecule has 1 aliphatic rings. The molecule has 2 heterocycles. The van der Waals surface area contributed by atoms with E-state index in [1.54, 1.807) is 6.08 Å². The van der Waals surface area contributed by atoms with Gasteiger partial charge in [0, 0.05) is 6.54 Å². The highest BCUT2D eigenvalue weighted by atomic mass is 32.2. The van der Waals surface area contributed by atoms with E-state index in [0.29, 0.717) is 18.7 Å². The molecule has 0 aliphatic carbocycles. The van der Waals surface area contributed by atoms with E-state index in [4.69, 9.17) is 9.56 Å². The number of hydrogen-bond donors (Lipinski definition) is 1. The Bertz CT molecular complexity index is 536. The molecule has 1 aromatic heterocycles. The van der Waals surface area contributed by atoms with Gasteiger partial charge in [-0.15, -0.1) is 0 Å². The fourth-order valence-electron chi connectivity index (χ4n) is 1.71. The van der Waals surface area contributed by atoms with Crippen LogP contribution >= 0.6 is 0 Å². The molecule has 0 saturated heterocycles. The van der Waals surface area contributed by atoms with Crippen molar-refractivity contribution in [1.29, 1.82) is 0 Å². The van der Waals surface area contributed by atoms with E-state index in [0.717, 1.165) is 6.54 Å². The lowest BCUT2D eigenvalue weighted by Gasteiger charge is -2.22. The molecule has 0 atom stereocenters. The van der Waals surface area contributed by atoms with Gasteiger partial charge in [-0.3, -0.25) is 4.90 Å². The van der Waals surface area contributed by atoms with E-state index in [1.165, 1.54) is 12.1 Å². The zero-order valence-corrected chi connectivity index (χ0v) is 9.91. The van der Waals surface area contributed by atoms with Crippen LogP contribution in [-0.4, -0.2) is 26.4 Å². The summed E-state index contributed by atoms with van der Waals surface area (Å²) in [6.07, 6.45) is 2.20. The van der Waals surface area contributed by atoms with E-state index < -0.39 is 10.0 Å². The Morgan fingerprint density at radius 1 is 1.47 bits per heavy atom. The van der Waals surface area contributed by atoms with Crippen molar-refractivity contribution in [1.82, 2.24) is 4.90 Å². The fourth-order valence-corrected chi connectivity index (χ4v) is 2.19. The number of primary sulfonamides is 1. The SMILES string of the molecule is NS(=O)(=O)c1ccc(CN2CCC=C(F)C2)o1. The second kappa shape index (κ2) is 4.59. The van der Waals surface area contributed by atoms with Gasteiger partial charge >= 0.3 is 0 Å². The summed E-state index contributed by atoms with van der Waals surface area (Å²) >= 11 is 0. The second-order valence-electron chi connectivity index (χ2n) is 3.92. The molecule has 0 aromatic carbocycles. The molecule has 0 amide bonds. The number of halogens is 1. The van der Waals surface area contributed by atoms with E-state index >= 15 is 0 Å². The maximum atomic E-state index is 13.0. The van der Waals surface area contributed by atoms with Crippen LogP contribution in [0, 0.1) is 0 Å². The summed E-state index contributed by atoms with van der Waals surface area (Å²) < 4.78 is 40.1. The average molecular weight is 260 g/mol. The number of nitrogens with zero attached hydrogens (tertiary/aromatic N) is 1. The van der Waals surface area contributed by atoms with Gasteiger partial charge < -0.3 is 4.42 Å². The standard InChI is InChI=1S/C10H13FN2O3S/c11-8-2-1-5-13(6-8)7-9-3-4-10(16-9)17(12,14)15/h2-4H,1,5-7H2,(H2,12,14,15). The predicted molar refractivity (Wildman–Crippen MR) is 59.2 cm³/mol. The van der Waals surface area contributed by atoms with Crippen molar-refractivity contribution >= 4 is 10.0 Å². The first-order valence-electron chi connectivity index (χ1n) is 5.13. The second-order valence-corrected chi connectivity index (χ2v) is 5.41. The lowest BCUT2D eigenvalue weighted by molar-refractivity contribution is 0.232. The fraction of sp³-hybridized carbons (Fsp3) is 0.400. The summed E-state index contributed by atoms with van der Waals surface area (Å²) in [5, 5.41) is 4.66. The Morgan fingerprint density at radius 2 is 2.24 bits per heavy atom. The molecular weight excluding hydrogens is 247 g/mol. The molecule has 0 unspecified atom stereocenters. The Balaban J connectivity index is 2.05. The first-order chi connectivity index (χ1) is 7.95. The average Bonchev–Trinajstić information content (AvgIpc) is 2.65. The first kappa shape index (κ1) is 12.3. The van der Waals surface area contributed by atoms with Crippen LogP contribution in [0.3, 0.4) is 0 Å². The number of hydrogen-bond acceptors (Lipinski definition) is 4. The zero-order valence-electron chi connectivity index (χ0n) is 9.10. The van der Waals surface area contributed by atoms with Gasteiger partial charge in [-0.05, 0) is 18.6 Å². The molecule has 0 radical (unpaired) electrons. The summed E-state index contributed by atoms with van der Waals surface area (Å²) in [6.45, 7) is 1.32. The highest BCUT2D eigenvalue weighted by Crippen LogP contribution is 2.17. The van der Waals surface area contributed by atoms with Gasteiger partial charge in [-0.1, -0.05) is 6.08 Å². The van der Waals surface area contributed by atoms with Crippen LogP contribution in [0.1, 0.15) is 12.2 Å². The van der Waals surface area contributed by atoms with E-state index in [1.807, 2.05) is 4.90 Å². The van der Waals surface area contributed by atoms with Gasteiger partial charge in [0.15, 0.2) is 0 Å². The molecule has 94 valence electrons. The van der Waals surface area contributed by atoms with Crippen molar-refractivity contribution in [3.05, 3.63) is 29.8 Å². The summed E-state index contributed by atoms with van der Waals surface area (Å²) in [4.78, 5) is 1.83. The maximum absolute atomic E-state index is 13.0. The third-order valence-corrected chi connectivity index (χ3v) is 3.26. The lowest BCUT2D eigenvalue weighted by Crippen LogP contribution is -2.28.